The minimum absolute atomic E-state index is 0.147. The fourth-order valence-corrected chi connectivity index (χ4v) is 2.18. The molecule has 0 aliphatic heterocycles. The van der Waals surface area contributed by atoms with E-state index in [1.165, 1.54) is 11.6 Å². The van der Waals surface area contributed by atoms with Crippen LogP contribution in [0.3, 0.4) is 0 Å². The highest BCUT2D eigenvalue weighted by molar-refractivity contribution is 6.02. The molecule has 1 aromatic heterocycles. The van der Waals surface area contributed by atoms with Crippen molar-refractivity contribution in [1.29, 1.82) is 0 Å². The fraction of sp³-hybridized carbons (Fsp3) is 0.176. The van der Waals surface area contributed by atoms with Crippen LogP contribution in [0, 0.1) is 20.8 Å². The molecule has 1 amide bonds. The van der Waals surface area contributed by atoms with Crippen LogP contribution in [0.1, 0.15) is 22.4 Å². The molecule has 1 N–H and O–H groups in total. The lowest BCUT2D eigenvalue weighted by Gasteiger charge is -2.11. The number of carbonyl (C=O) groups is 1. The molecule has 0 radical (unpaired) electrons. The topological polar surface area (TPSA) is 42.0 Å². The second kappa shape index (κ2) is 6.15. The lowest BCUT2D eigenvalue weighted by molar-refractivity contribution is -0.111. The first-order valence-corrected chi connectivity index (χ1v) is 6.54. The van der Waals surface area contributed by atoms with Crippen LogP contribution < -0.4 is 5.32 Å². The maximum absolute atomic E-state index is 11.9. The molecule has 1 heterocycles. The van der Waals surface area contributed by atoms with Gasteiger partial charge in [-0.15, -0.1) is 0 Å². The first-order valence-electron chi connectivity index (χ1n) is 6.54. The normalized spacial score (nSPS) is 10.8. The van der Waals surface area contributed by atoms with Crippen molar-refractivity contribution in [3.8, 4) is 0 Å². The van der Waals surface area contributed by atoms with Crippen LogP contribution in [-0.2, 0) is 4.79 Å². The summed E-state index contributed by atoms with van der Waals surface area (Å²) in [6.07, 6.45) is 4.90. The van der Waals surface area contributed by atoms with Gasteiger partial charge in [0.15, 0.2) is 0 Å². The summed E-state index contributed by atoms with van der Waals surface area (Å²) in [4.78, 5) is 16.1. The second-order valence-corrected chi connectivity index (χ2v) is 4.85. The Labute approximate surface area is 119 Å². The molecule has 0 saturated heterocycles. The van der Waals surface area contributed by atoms with Crippen molar-refractivity contribution in [3.63, 3.8) is 0 Å². The number of hydrogen-bond acceptors (Lipinski definition) is 2. The Morgan fingerprint density at radius 2 is 1.85 bits per heavy atom. The molecule has 1 aromatic carbocycles. The van der Waals surface area contributed by atoms with Gasteiger partial charge in [0.05, 0.1) is 5.69 Å². The van der Waals surface area contributed by atoms with Crippen molar-refractivity contribution in [2.24, 2.45) is 0 Å². The number of nitrogens with one attached hydrogen (secondary N) is 1. The summed E-state index contributed by atoms with van der Waals surface area (Å²) in [5, 5.41) is 2.92. The minimum Gasteiger partial charge on any atom is -0.322 e. The van der Waals surface area contributed by atoms with Crippen LogP contribution in [0.15, 0.2) is 42.6 Å². The molecular weight excluding hydrogens is 248 g/mol. The van der Waals surface area contributed by atoms with Crippen LogP contribution >= 0.6 is 0 Å². The molecule has 0 fully saturated rings. The number of hydrogen-bond donors (Lipinski definition) is 1. The molecule has 0 unspecified atom stereocenters. The van der Waals surface area contributed by atoms with E-state index in [0.29, 0.717) is 0 Å². The Morgan fingerprint density at radius 3 is 2.45 bits per heavy atom. The summed E-state index contributed by atoms with van der Waals surface area (Å²) < 4.78 is 0. The van der Waals surface area contributed by atoms with Crippen LogP contribution in [0.25, 0.3) is 6.08 Å². The molecule has 2 rings (SSSR count). The van der Waals surface area contributed by atoms with E-state index in [9.17, 15) is 4.79 Å². The van der Waals surface area contributed by atoms with Gasteiger partial charge in [-0.2, -0.15) is 0 Å². The summed E-state index contributed by atoms with van der Waals surface area (Å²) in [5.74, 6) is -0.147. The van der Waals surface area contributed by atoms with E-state index >= 15 is 0 Å². The van der Waals surface area contributed by atoms with Crippen molar-refractivity contribution in [2.75, 3.05) is 5.32 Å². The number of anilines is 1. The molecule has 3 nitrogen and oxygen atoms in total. The third-order valence-electron chi connectivity index (χ3n) is 3.02. The van der Waals surface area contributed by atoms with Crippen molar-refractivity contribution in [2.45, 2.75) is 20.8 Å². The quantitative estimate of drug-likeness (QED) is 0.861. The second-order valence-electron chi connectivity index (χ2n) is 4.85. The lowest BCUT2D eigenvalue weighted by Crippen LogP contribution is -2.10. The number of nitrogens with zero attached hydrogens (tertiary/aromatic N) is 1. The molecular formula is C17H18N2O. The average Bonchev–Trinajstić information content (AvgIpc) is 2.42. The summed E-state index contributed by atoms with van der Waals surface area (Å²) in [6, 6.07) is 9.71. The van der Waals surface area contributed by atoms with Crippen LogP contribution in [0.5, 0.6) is 0 Å². The van der Waals surface area contributed by atoms with Crippen molar-refractivity contribution >= 4 is 17.7 Å². The molecule has 0 spiro atoms. The maximum atomic E-state index is 11.9. The van der Waals surface area contributed by atoms with Crippen LogP contribution in [0.4, 0.5) is 5.69 Å². The zero-order valence-corrected chi connectivity index (χ0v) is 12.0. The summed E-state index contributed by atoms with van der Waals surface area (Å²) in [5.41, 5.74) is 4.98. The third-order valence-corrected chi connectivity index (χ3v) is 3.02. The SMILES string of the molecule is Cc1cc(C)c(NC(=O)/C=C/c2ccccn2)c(C)c1. The zero-order valence-electron chi connectivity index (χ0n) is 12.0. The number of aromatic nitrogens is 1. The summed E-state index contributed by atoms with van der Waals surface area (Å²) in [6.45, 7) is 6.04. The van der Waals surface area contributed by atoms with Gasteiger partial charge in [0.2, 0.25) is 5.91 Å². The van der Waals surface area contributed by atoms with E-state index in [4.69, 9.17) is 0 Å². The largest absolute Gasteiger partial charge is 0.322 e. The molecule has 0 bridgehead atoms. The van der Waals surface area contributed by atoms with Gasteiger partial charge in [-0.25, -0.2) is 0 Å². The molecule has 20 heavy (non-hydrogen) atoms. The Bertz CT molecular complexity index is 622. The van der Waals surface area contributed by atoms with E-state index in [1.54, 1.807) is 12.3 Å². The molecule has 0 saturated carbocycles. The van der Waals surface area contributed by atoms with Gasteiger partial charge in [-0.1, -0.05) is 23.8 Å². The predicted octanol–water partition coefficient (Wildman–Crippen LogP) is 3.66. The van der Waals surface area contributed by atoms with E-state index < -0.39 is 0 Å². The van der Waals surface area contributed by atoms with Crippen molar-refractivity contribution in [3.05, 3.63) is 65.0 Å². The molecule has 0 atom stereocenters. The van der Waals surface area contributed by atoms with E-state index in [2.05, 4.69) is 22.4 Å². The van der Waals surface area contributed by atoms with Gasteiger partial charge in [0.1, 0.15) is 0 Å². The monoisotopic (exact) mass is 266 g/mol. The van der Waals surface area contributed by atoms with Crippen LogP contribution in [-0.4, -0.2) is 10.9 Å². The van der Waals surface area contributed by atoms with Crippen molar-refractivity contribution < 1.29 is 4.79 Å². The first kappa shape index (κ1) is 14.0. The predicted molar refractivity (Wildman–Crippen MR) is 82.6 cm³/mol. The number of rotatable bonds is 3. The minimum atomic E-state index is -0.147. The standard InChI is InChI=1S/C17H18N2O/c1-12-10-13(2)17(14(3)11-12)19-16(20)8-7-15-6-4-5-9-18-15/h4-11H,1-3H3,(H,19,20)/b8-7+. The number of carbonyl (C=O) groups excluding carboxylic acids is 1. The van der Waals surface area contributed by atoms with Crippen molar-refractivity contribution in [1.82, 2.24) is 4.98 Å². The van der Waals surface area contributed by atoms with E-state index in [1.807, 2.05) is 39.0 Å². The lowest BCUT2D eigenvalue weighted by atomic mass is 10.1. The van der Waals surface area contributed by atoms with Gasteiger partial charge in [-0.3, -0.25) is 9.78 Å². The van der Waals surface area contributed by atoms with Gasteiger partial charge in [-0.05, 0) is 50.1 Å². The van der Waals surface area contributed by atoms with Gasteiger partial charge in [0, 0.05) is 18.0 Å². The molecule has 2 aromatic rings. The molecule has 0 aliphatic rings. The first-order chi connectivity index (χ1) is 9.56. The number of benzene rings is 1. The average molecular weight is 266 g/mol. The third kappa shape index (κ3) is 3.54. The zero-order chi connectivity index (χ0) is 14.5. The Hall–Kier alpha value is -2.42. The Kier molecular flexibility index (Phi) is 4.31. The molecule has 102 valence electrons. The Morgan fingerprint density at radius 1 is 1.15 bits per heavy atom. The van der Waals surface area contributed by atoms with Crippen LogP contribution in [0.2, 0.25) is 0 Å². The number of amides is 1. The van der Waals surface area contributed by atoms with Gasteiger partial charge in [0.25, 0.3) is 0 Å². The Balaban J connectivity index is 2.11. The van der Waals surface area contributed by atoms with E-state index in [-0.39, 0.29) is 5.91 Å². The summed E-state index contributed by atoms with van der Waals surface area (Å²) >= 11 is 0. The molecule has 3 heteroatoms. The number of pyridine rings is 1. The summed E-state index contributed by atoms with van der Waals surface area (Å²) in [7, 11) is 0. The van der Waals surface area contributed by atoms with Gasteiger partial charge < -0.3 is 5.32 Å². The fourth-order valence-electron chi connectivity index (χ4n) is 2.18. The molecule has 0 aliphatic carbocycles. The van der Waals surface area contributed by atoms with Gasteiger partial charge >= 0.3 is 0 Å². The highest BCUT2D eigenvalue weighted by Gasteiger charge is 2.05. The highest BCUT2D eigenvalue weighted by Crippen LogP contribution is 2.21. The maximum Gasteiger partial charge on any atom is 0.248 e. The number of aryl methyl sites for hydroxylation is 3. The highest BCUT2D eigenvalue weighted by atomic mass is 16.1. The smallest absolute Gasteiger partial charge is 0.248 e. The van der Waals surface area contributed by atoms with E-state index in [0.717, 1.165) is 22.5 Å².